The number of allylic oxidation sites excluding steroid dienone is 4. The third kappa shape index (κ3) is 3.75. The molecule has 0 saturated heterocycles. The number of benzene rings is 2. The summed E-state index contributed by atoms with van der Waals surface area (Å²) < 4.78 is 0. The van der Waals surface area contributed by atoms with Gasteiger partial charge in [0, 0.05) is 17.0 Å². The zero-order valence-corrected chi connectivity index (χ0v) is 15.2. The standard InChI is InChI=1S/C24H27NO/c26-24(25-22-17-11-13-18-12-9-10-14-19(18)22)23-20-15-7-5-3-1-2-4-6-8-16-21(20)23/h3-6,9-14,17,20-21,23H,1-2,7-8,15-16H2,(H,25,26)/t20-,21+,23?. The van der Waals surface area contributed by atoms with E-state index < -0.39 is 0 Å². The Balaban J connectivity index is 1.47. The fraction of sp³-hybridized carbons (Fsp3) is 0.375. The molecule has 1 fully saturated rings. The first-order valence-electron chi connectivity index (χ1n) is 9.93. The maximum Gasteiger partial charge on any atom is 0.228 e. The van der Waals surface area contributed by atoms with E-state index in [0.29, 0.717) is 11.8 Å². The summed E-state index contributed by atoms with van der Waals surface area (Å²) in [5, 5.41) is 5.51. The Morgan fingerprint density at radius 3 is 2.12 bits per heavy atom. The summed E-state index contributed by atoms with van der Waals surface area (Å²) in [6, 6.07) is 14.4. The maximum atomic E-state index is 13.0. The minimum Gasteiger partial charge on any atom is -0.325 e. The number of rotatable bonds is 2. The molecule has 2 aromatic rings. The lowest BCUT2D eigenvalue weighted by Crippen LogP contribution is -2.16. The van der Waals surface area contributed by atoms with Crippen LogP contribution >= 0.6 is 0 Å². The minimum atomic E-state index is 0.177. The molecule has 26 heavy (non-hydrogen) atoms. The van der Waals surface area contributed by atoms with Crippen molar-refractivity contribution in [1.29, 1.82) is 0 Å². The molecule has 0 aromatic heterocycles. The van der Waals surface area contributed by atoms with Crippen LogP contribution in [0.4, 0.5) is 5.69 Å². The molecule has 0 aliphatic heterocycles. The van der Waals surface area contributed by atoms with E-state index in [1.165, 1.54) is 5.39 Å². The van der Waals surface area contributed by atoms with Gasteiger partial charge in [-0.1, -0.05) is 60.7 Å². The Bertz CT molecular complexity index is 806. The van der Waals surface area contributed by atoms with E-state index in [2.05, 4.69) is 47.8 Å². The monoisotopic (exact) mass is 345 g/mol. The van der Waals surface area contributed by atoms with Crippen molar-refractivity contribution < 1.29 is 4.79 Å². The molecule has 3 atom stereocenters. The Morgan fingerprint density at radius 2 is 1.38 bits per heavy atom. The van der Waals surface area contributed by atoms with Gasteiger partial charge in [0.1, 0.15) is 0 Å². The highest BCUT2D eigenvalue weighted by molar-refractivity contribution is 6.03. The molecule has 2 heteroatoms. The number of fused-ring (bicyclic) bond motifs is 2. The van der Waals surface area contributed by atoms with Crippen LogP contribution in [0, 0.1) is 17.8 Å². The number of hydrogen-bond acceptors (Lipinski definition) is 1. The average Bonchev–Trinajstić information content (AvgIpc) is 3.34. The number of carbonyl (C=O) groups excluding carboxylic acids is 1. The Labute approximate surface area is 156 Å². The van der Waals surface area contributed by atoms with Crippen LogP contribution in [0.1, 0.15) is 38.5 Å². The normalized spacial score (nSPS) is 25.8. The van der Waals surface area contributed by atoms with Crippen LogP contribution in [-0.4, -0.2) is 5.91 Å². The van der Waals surface area contributed by atoms with Gasteiger partial charge in [0.05, 0.1) is 0 Å². The first-order valence-corrected chi connectivity index (χ1v) is 9.93. The van der Waals surface area contributed by atoms with Crippen LogP contribution in [0.3, 0.4) is 0 Å². The lowest BCUT2D eigenvalue weighted by Gasteiger charge is -2.09. The van der Waals surface area contributed by atoms with Gasteiger partial charge in [-0.05, 0) is 61.8 Å². The topological polar surface area (TPSA) is 29.1 Å². The van der Waals surface area contributed by atoms with E-state index in [1.54, 1.807) is 0 Å². The van der Waals surface area contributed by atoms with Crippen molar-refractivity contribution in [2.45, 2.75) is 38.5 Å². The van der Waals surface area contributed by atoms with Crippen molar-refractivity contribution in [2.75, 3.05) is 5.32 Å². The third-order valence-corrected chi connectivity index (χ3v) is 5.85. The fourth-order valence-electron chi connectivity index (χ4n) is 4.41. The summed E-state index contributed by atoms with van der Waals surface area (Å²) in [6.45, 7) is 0. The van der Waals surface area contributed by atoms with Gasteiger partial charge in [0.15, 0.2) is 0 Å². The average molecular weight is 345 g/mol. The lowest BCUT2D eigenvalue weighted by molar-refractivity contribution is -0.117. The van der Waals surface area contributed by atoms with E-state index in [1.807, 2.05) is 24.3 Å². The van der Waals surface area contributed by atoms with Crippen molar-refractivity contribution in [3.05, 3.63) is 66.8 Å². The van der Waals surface area contributed by atoms with Crippen LogP contribution in [0.2, 0.25) is 0 Å². The van der Waals surface area contributed by atoms with Gasteiger partial charge in [-0.25, -0.2) is 0 Å². The number of amides is 1. The molecule has 1 amide bonds. The van der Waals surface area contributed by atoms with Crippen LogP contribution in [-0.2, 0) is 4.79 Å². The smallest absolute Gasteiger partial charge is 0.228 e. The van der Waals surface area contributed by atoms with Gasteiger partial charge in [0.25, 0.3) is 0 Å². The lowest BCUT2D eigenvalue weighted by atomic mass is 10.1. The van der Waals surface area contributed by atoms with Gasteiger partial charge in [-0.15, -0.1) is 0 Å². The van der Waals surface area contributed by atoms with Crippen molar-refractivity contribution in [3.8, 4) is 0 Å². The van der Waals surface area contributed by atoms with Gasteiger partial charge >= 0.3 is 0 Å². The molecule has 0 radical (unpaired) electrons. The van der Waals surface area contributed by atoms with Crippen LogP contribution in [0.5, 0.6) is 0 Å². The molecule has 1 N–H and O–H groups in total. The Morgan fingerprint density at radius 1 is 0.769 bits per heavy atom. The highest BCUT2D eigenvalue weighted by Crippen LogP contribution is 2.52. The Hall–Kier alpha value is -2.35. The highest BCUT2D eigenvalue weighted by atomic mass is 16.2. The second kappa shape index (κ2) is 7.90. The summed E-state index contributed by atoms with van der Waals surface area (Å²) >= 11 is 0. The predicted molar refractivity (Wildman–Crippen MR) is 109 cm³/mol. The van der Waals surface area contributed by atoms with Crippen molar-refractivity contribution in [3.63, 3.8) is 0 Å². The molecule has 4 rings (SSSR count). The zero-order valence-electron chi connectivity index (χ0n) is 15.2. The molecular weight excluding hydrogens is 318 g/mol. The molecule has 2 nitrogen and oxygen atoms in total. The van der Waals surface area contributed by atoms with Crippen LogP contribution in [0.15, 0.2) is 66.8 Å². The summed E-state index contributed by atoms with van der Waals surface area (Å²) in [6.07, 6.45) is 15.9. The fourth-order valence-corrected chi connectivity index (χ4v) is 4.41. The second-order valence-electron chi connectivity index (χ2n) is 7.54. The largest absolute Gasteiger partial charge is 0.325 e. The van der Waals surface area contributed by atoms with E-state index in [9.17, 15) is 4.79 Å². The quantitative estimate of drug-likeness (QED) is 0.654. The third-order valence-electron chi connectivity index (χ3n) is 5.85. The summed E-state index contributed by atoms with van der Waals surface area (Å²) in [5.41, 5.74) is 0.940. The molecule has 2 aliphatic carbocycles. The number of carbonyl (C=O) groups is 1. The van der Waals surface area contributed by atoms with Crippen LogP contribution in [0.25, 0.3) is 10.8 Å². The highest BCUT2D eigenvalue weighted by Gasteiger charge is 2.52. The van der Waals surface area contributed by atoms with E-state index >= 15 is 0 Å². The van der Waals surface area contributed by atoms with E-state index in [-0.39, 0.29) is 11.8 Å². The molecule has 1 unspecified atom stereocenters. The zero-order chi connectivity index (χ0) is 17.8. The molecule has 0 bridgehead atoms. The first-order chi connectivity index (χ1) is 12.8. The first kappa shape index (κ1) is 17.1. The number of anilines is 1. The minimum absolute atomic E-state index is 0.177. The second-order valence-corrected chi connectivity index (χ2v) is 7.54. The molecule has 2 aromatic carbocycles. The van der Waals surface area contributed by atoms with Crippen molar-refractivity contribution >= 4 is 22.4 Å². The molecule has 1 saturated carbocycles. The molecule has 0 spiro atoms. The SMILES string of the molecule is O=C(Nc1cccc2ccccc12)C1[C@H]2CCC=CCCC=CCC[C@@H]12. The van der Waals surface area contributed by atoms with Gasteiger partial charge in [-0.2, -0.15) is 0 Å². The summed E-state index contributed by atoms with van der Waals surface area (Å²) in [7, 11) is 0. The van der Waals surface area contributed by atoms with Gasteiger partial charge in [-0.3, -0.25) is 4.79 Å². The van der Waals surface area contributed by atoms with E-state index in [4.69, 9.17) is 0 Å². The summed E-state index contributed by atoms with van der Waals surface area (Å²) in [4.78, 5) is 13.0. The van der Waals surface area contributed by atoms with E-state index in [0.717, 1.165) is 49.6 Å². The maximum absolute atomic E-state index is 13.0. The van der Waals surface area contributed by atoms with Gasteiger partial charge in [0.2, 0.25) is 5.91 Å². The Kier molecular flexibility index (Phi) is 5.19. The van der Waals surface area contributed by atoms with Crippen molar-refractivity contribution in [2.24, 2.45) is 17.8 Å². The predicted octanol–water partition coefficient (Wildman–Crippen LogP) is 6.11. The molecule has 2 aliphatic rings. The number of nitrogens with one attached hydrogen (secondary N) is 1. The molecule has 134 valence electrons. The van der Waals surface area contributed by atoms with Crippen LogP contribution < -0.4 is 5.32 Å². The molecular formula is C24H27NO. The summed E-state index contributed by atoms with van der Waals surface area (Å²) in [5.74, 6) is 1.47. The number of hydrogen-bond donors (Lipinski definition) is 1. The molecule has 0 heterocycles. The van der Waals surface area contributed by atoms with Gasteiger partial charge < -0.3 is 5.32 Å². The van der Waals surface area contributed by atoms with Crippen molar-refractivity contribution in [1.82, 2.24) is 0 Å².